The van der Waals surface area contributed by atoms with Gasteiger partial charge in [0.05, 0.1) is 28.4 Å². The number of rotatable bonds is 5. The number of halogens is 5. The Hall–Kier alpha value is -11.9. The molecule has 5 atom stereocenters. The number of ketones is 5. The van der Waals surface area contributed by atoms with E-state index in [1.807, 2.05) is 164 Å². The Morgan fingerprint density at radius 2 is 0.562 bits per heavy atom. The number of Topliss-reactive ketones (excluding diaryl/α,β-unsaturated/α-hetero) is 5. The lowest BCUT2D eigenvalue weighted by Gasteiger charge is -2.30. The van der Waals surface area contributed by atoms with Gasteiger partial charge in [-0.05, 0) is 260 Å². The van der Waals surface area contributed by atoms with Crippen molar-refractivity contribution < 1.29 is 62.7 Å². The molecule has 5 N–H and O–H groups in total. The summed E-state index contributed by atoms with van der Waals surface area (Å²) in [6, 6.07) is 52.2. The third-order valence-electron chi connectivity index (χ3n) is 24.5. The van der Waals surface area contributed by atoms with E-state index in [0.717, 1.165) is 62.3 Å². The second-order valence-electron chi connectivity index (χ2n) is 32.8. The molecular weight excluding hydrogens is 1580 g/mol. The summed E-state index contributed by atoms with van der Waals surface area (Å²) in [6.07, 6.45) is 1.39. The fourth-order valence-electron chi connectivity index (χ4n) is 17.0. The molecule has 0 radical (unpaired) electrons. The maximum Gasteiger partial charge on any atom is 0.204 e. The normalized spacial score (nSPS) is 22.2. The predicted molar refractivity (Wildman–Crippen MR) is 468 cm³/mol. The van der Waals surface area contributed by atoms with Crippen LogP contribution >= 0.6 is 23.2 Å². The molecule has 10 aliphatic rings. The Morgan fingerprint density at radius 1 is 0.281 bits per heavy atom. The number of nitrogens with zero attached hydrogens (tertiary/aromatic N) is 10. The van der Waals surface area contributed by atoms with E-state index in [1.54, 1.807) is 62.1 Å². The molecule has 0 saturated carbocycles. The van der Waals surface area contributed by atoms with Crippen molar-refractivity contribution in [3.8, 4) is 0 Å². The third-order valence-corrected chi connectivity index (χ3v) is 25.2. The van der Waals surface area contributed by atoms with Crippen LogP contribution in [0.3, 0.4) is 0 Å². The summed E-state index contributed by atoms with van der Waals surface area (Å²) in [5.41, 5.74) is 10.1. The second-order valence-corrected chi connectivity index (χ2v) is 33.7. The van der Waals surface area contributed by atoms with Gasteiger partial charge in [0.1, 0.15) is 46.6 Å². The molecule has 10 aromatic rings. The number of hydrogen-bond donors (Lipinski definition) is 5. The van der Waals surface area contributed by atoms with Crippen LogP contribution in [0, 0.1) is 93.6 Å². The quantitative estimate of drug-likeness (QED) is 0.107. The number of fused-ring (bicyclic) bond motifs is 10. The summed E-state index contributed by atoms with van der Waals surface area (Å²) < 4.78 is 41.6. The molecule has 0 amide bonds. The predicted octanol–water partition coefficient (Wildman–Crippen LogP) is 17.9. The van der Waals surface area contributed by atoms with Gasteiger partial charge in [-0.15, -0.1) is 0 Å². The molecule has 0 aromatic heterocycles. The minimum Gasteiger partial charge on any atom is -0.374 e. The zero-order chi connectivity index (χ0) is 86.2. The highest BCUT2D eigenvalue weighted by molar-refractivity contribution is 6.34. The molecule has 0 spiro atoms. The maximum absolute atomic E-state index is 13.9. The van der Waals surface area contributed by atoms with E-state index in [4.69, 9.17) is 23.2 Å². The fourth-order valence-corrected chi connectivity index (χ4v) is 17.3. The Bertz CT molecular complexity index is 6150. The van der Waals surface area contributed by atoms with Crippen molar-refractivity contribution in [3.63, 3.8) is 0 Å². The molecule has 0 aliphatic carbocycles. The molecule has 0 bridgehead atoms. The zero-order valence-corrected chi connectivity index (χ0v) is 70.0. The number of carbonyl (C=O) groups is 5. The lowest BCUT2D eigenvalue weighted by atomic mass is 9.87. The maximum atomic E-state index is 13.9. The molecule has 5 saturated heterocycles. The first-order chi connectivity index (χ1) is 57.4. The van der Waals surface area contributed by atoms with Crippen molar-refractivity contribution in [2.75, 3.05) is 57.2 Å². The van der Waals surface area contributed by atoms with Crippen LogP contribution in [0.4, 0.5) is 70.0 Å². The average Bonchev–Trinajstić information content (AvgIpc) is 1.64. The standard InChI is InChI=1S/C20H19FN2O2.C20H20N2O2.C19H16ClFN2O2.C19H17FN2O2.C18H15ClN2O2/c1-11-4-5-14(8-12(11)2)23-7-6-20(25)18(24)15-10-16(21)13(3)9-17(15)22-19(20)23;1-12-4-7-17-16(10-12)18(23)20(24)8-9-22(19(20)21-17)15-6-5-13(2)14(3)11-15;1-10-3-4-12(8-14(10)20)23-6-5-19(25)17(24)13-9-15(21)11(2)7-16(13)22-18(19)23;1-11-4-3-5-13(8-11)22-7-6-19(24)17(23)14-10-15(20)12(2)9-16(14)21-18(19)22;1-11-2-7-15-14(10-11)16(22)18(23)8-9-21(17(18)20-15)13-5-3-12(19)4-6-13/h4-5,8-10,25H,6-7H2,1-3H3;4-7,10-11,24H,8-9H2,1-3H3;3-4,7-9,25H,5-6H2,1-2H3;3-5,8-10,24H,6-7H2,1-2H3;2-7,10,23H,8-9H2,1H3/t2*20-;2*19-;18-/m11111/s1. The van der Waals surface area contributed by atoms with Crippen molar-refractivity contribution >= 4 is 138 Å². The van der Waals surface area contributed by atoms with E-state index in [9.17, 15) is 62.7 Å². The summed E-state index contributed by atoms with van der Waals surface area (Å²) in [5.74, 6) is -1.57. The molecule has 10 aromatic carbocycles. The SMILES string of the molecule is Cc1cc2c(cc1F)C(=O)[C@]1(O)CCN(c3ccc(C)c(Cl)c3)C1=N2.Cc1ccc(N2CC[C@@]3(O)C(=O)c4cc(F)c(C)cc4N=C23)cc1C.Cc1ccc2c(c1)C(=O)[C@]1(O)CCN(c3ccc(C)c(C)c3)C1=N2.Cc1ccc2c(c1)C(=O)[C@]1(O)CCN(c3ccc(Cl)cc3)C1=N2.Cc1cccc(N2CC[C@@]3(O)C(=O)c4cc(F)c(C)cc4N=C23)c1. The number of carbonyl (C=O) groups excluding carboxylic acids is 5. The van der Waals surface area contributed by atoms with Gasteiger partial charge in [-0.3, -0.25) is 24.0 Å². The van der Waals surface area contributed by atoms with Crippen molar-refractivity contribution in [1.29, 1.82) is 0 Å². The first-order valence-corrected chi connectivity index (χ1v) is 40.7. The van der Waals surface area contributed by atoms with Gasteiger partial charge in [0.15, 0.2) is 28.0 Å². The van der Waals surface area contributed by atoms with Gasteiger partial charge in [-0.1, -0.05) is 76.8 Å². The first-order valence-electron chi connectivity index (χ1n) is 40.0. The molecule has 10 aliphatic heterocycles. The number of aryl methyl sites for hydroxylation is 11. The van der Waals surface area contributed by atoms with Crippen LogP contribution in [0.1, 0.15) is 145 Å². The van der Waals surface area contributed by atoms with Crippen molar-refractivity contribution in [1.82, 2.24) is 0 Å². The zero-order valence-electron chi connectivity index (χ0n) is 68.5. The first kappa shape index (κ1) is 82.8. The van der Waals surface area contributed by atoms with E-state index in [0.29, 0.717) is 135 Å². The monoisotopic (exact) mass is 1670 g/mol. The molecule has 20 nitrogen and oxygen atoms in total. The summed E-state index contributed by atoms with van der Waals surface area (Å²) in [6.45, 7) is 23.3. The number of benzene rings is 10. The lowest BCUT2D eigenvalue weighted by molar-refractivity contribution is 0.0599. The van der Waals surface area contributed by atoms with E-state index in [1.165, 1.54) is 34.9 Å². The van der Waals surface area contributed by atoms with Crippen LogP contribution in [-0.2, 0) is 0 Å². The summed E-state index contributed by atoms with van der Waals surface area (Å²) in [4.78, 5) is 96.4. The number of aliphatic imine (C=N–C) groups is 5. The van der Waals surface area contributed by atoms with E-state index >= 15 is 0 Å². The van der Waals surface area contributed by atoms with Gasteiger partial charge in [0, 0.05) is 131 Å². The summed E-state index contributed by atoms with van der Waals surface area (Å²) in [5, 5.41) is 56.2. The topological polar surface area (TPSA) is 264 Å². The molecule has 0 unspecified atom stereocenters. The molecule has 25 heteroatoms. The van der Waals surface area contributed by atoms with Gasteiger partial charge < -0.3 is 50.0 Å². The van der Waals surface area contributed by atoms with Crippen LogP contribution in [0.15, 0.2) is 201 Å². The summed E-state index contributed by atoms with van der Waals surface area (Å²) >= 11 is 12.1. The number of hydrogen-bond acceptors (Lipinski definition) is 20. The van der Waals surface area contributed by atoms with Gasteiger partial charge in [-0.25, -0.2) is 38.1 Å². The fraction of sp³-hybridized carbons (Fsp3) is 0.271. The highest BCUT2D eigenvalue weighted by Gasteiger charge is 2.58. The van der Waals surface area contributed by atoms with Crippen molar-refractivity contribution in [2.24, 2.45) is 25.0 Å². The van der Waals surface area contributed by atoms with Crippen LogP contribution in [0.5, 0.6) is 0 Å². The lowest BCUT2D eigenvalue weighted by Crippen LogP contribution is -2.48. The third kappa shape index (κ3) is 14.4. The van der Waals surface area contributed by atoms with Crippen molar-refractivity contribution in [2.45, 2.75) is 136 Å². The number of amidine groups is 5. The summed E-state index contributed by atoms with van der Waals surface area (Å²) in [7, 11) is 0. The van der Waals surface area contributed by atoms with Gasteiger partial charge >= 0.3 is 0 Å². The molecule has 10 heterocycles. The number of aliphatic hydroxyl groups is 5. The smallest absolute Gasteiger partial charge is 0.204 e. The Morgan fingerprint density at radius 3 is 0.884 bits per heavy atom. The molecule has 5 fully saturated rings. The molecular formula is C96H87Cl2F3N10O10. The van der Waals surface area contributed by atoms with Gasteiger partial charge in [0.2, 0.25) is 28.9 Å². The van der Waals surface area contributed by atoms with E-state index < -0.39 is 62.8 Å². The van der Waals surface area contributed by atoms with Gasteiger partial charge in [0.25, 0.3) is 0 Å². The largest absolute Gasteiger partial charge is 0.374 e. The Kier molecular flexibility index (Phi) is 21.2. The van der Waals surface area contributed by atoms with Crippen LogP contribution in [0.25, 0.3) is 0 Å². The Balaban J connectivity index is 0.000000112. The average molecular weight is 1670 g/mol. The minimum absolute atomic E-state index is 0.123. The highest BCUT2D eigenvalue weighted by Crippen LogP contribution is 2.47. The molecule has 616 valence electrons. The second kappa shape index (κ2) is 31.0. The van der Waals surface area contributed by atoms with Crippen LogP contribution in [0.2, 0.25) is 10.0 Å². The Labute approximate surface area is 707 Å². The van der Waals surface area contributed by atoms with E-state index in [2.05, 4.69) is 50.9 Å². The van der Waals surface area contributed by atoms with Crippen molar-refractivity contribution in [3.05, 3.63) is 292 Å². The molecule has 121 heavy (non-hydrogen) atoms. The van der Waals surface area contributed by atoms with Gasteiger partial charge in [-0.2, -0.15) is 0 Å². The number of anilines is 5. The highest BCUT2D eigenvalue weighted by atomic mass is 35.5. The minimum atomic E-state index is -1.73. The van der Waals surface area contributed by atoms with E-state index in [-0.39, 0.29) is 53.4 Å². The van der Waals surface area contributed by atoms with Crippen LogP contribution in [-0.4, -0.2) is 144 Å². The van der Waals surface area contributed by atoms with Crippen LogP contribution < -0.4 is 24.5 Å². The molecule has 20 rings (SSSR count).